The molecular weight excluding hydrogens is 242 g/mol. The van der Waals surface area contributed by atoms with Gasteiger partial charge in [-0.1, -0.05) is 18.2 Å². The molecule has 0 heterocycles. The summed E-state index contributed by atoms with van der Waals surface area (Å²) in [5.41, 5.74) is -0.411. The first-order valence-electron chi connectivity index (χ1n) is 6.14. The quantitative estimate of drug-likeness (QED) is 0.824. The summed E-state index contributed by atoms with van der Waals surface area (Å²) in [4.78, 5) is 35.2. The van der Waals surface area contributed by atoms with Crippen LogP contribution in [0, 0.1) is 5.92 Å². The lowest BCUT2D eigenvalue weighted by molar-refractivity contribution is -0.133. The van der Waals surface area contributed by atoms with Gasteiger partial charge in [0.1, 0.15) is 11.6 Å². The Bertz CT molecular complexity index is 477. The minimum Gasteiger partial charge on any atom is -0.346 e. The fraction of sp³-hybridized carbons (Fsp3) is 0.400. The van der Waals surface area contributed by atoms with Crippen molar-refractivity contribution in [3.63, 3.8) is 0 Å². The normalized spacial score (nSPS) is 11.2. The van der Waals surface area contributed by atoms with Crippen LogP contribution in [0.1, 0.15) is 38.1 Å². The monoisotopic (exact) mass is 261 g/mol. The average molecular weight is 261 g/mol. The lowest BCUT2D eigenvalue weighted by Crippen LogP contribution is -2.53. The van der Waals surface area contributed by atoms with Crippen molar-refractivity contribution in [1.29, 1.82) is 0 Å². The van der Waals surface area contributed by atoms with E-state index in [0.717, 1.165) is 0 Å². The molecule has 1 rings (SSSR count). The highest BCUT2D eigenvalue weighted by Gasteiger charge is 2.37. The Labute approximate surface area is 113 Å². The zero-order valence-corrected chi connectivity index (χ0v) is 11.7. The predicted octanol–water partition coefficient (Wildman–Crippen LogP) is 1.99. The van der Waals surface area contributed by atoms with Gasteiger partial charge in [0.05, 0.1) is 11.5 Å². The second-order valence-electron chi connectivity index (χ2n) is 5.20. The second-order valence-corrected chi connectivity index (χ2v) is 5.20. The molecule has 19 heavy (non-hydrogen) atoms. The number of amides is 1. The van der Waals surface area contributed by atoms with Crippen molar-refractivity contribution < 1.29 is 14.4 Å². The third-order valence-electron chi connectivity index (χ3n) is 3.01. The van der Waals surface area contributed by atoms with Crippen LogP contribution < -0.4 is 5.32 Å². The van der Waals surface area contributed by atoms with Crippen molar-refractivity contribution in [2.45, 2.75) is 33.2 Å². The Balaban J connectivity index is 2.93. The van der Waals surface area contributed by atoms with E-state index in [0.29, 0.717) is 5.56 Å². The minimum absolute atomic E-state index is 0.245. The van der Waals surface area contributed by atoms with Crippen LogP contribution in [0.2, 0.25) is 0 Å². The fourth-order valence-electron chi connectivity index (χ4n) is 2.33. The Morgan fingerprint density at radius 2 is 1.47 bits per heavy atom. The molecule has 0 aliphatic carbocycles. The van der Waals surface area contributed by atoms with Crippen molar-refractivity contribution in [3.8, 4) is 0 Å². The lowest BCUT2D eigenvalue weighted by atomic mass is 9.81. The lowest BCUT2D eigenvalue weighted by Gasteiger charge is -2.32. The molecule has 0 saturated carbocycles. The third-order valence-corrected chi connectivity index (χ3v) is 3.01. The number of ketones is 2. The molecule has 0 aliphatic rings. The number of Topliss-reactive ketones (excluding diaryl/α,β-unsaturated/α-hetero) is 2. The zero-order chi connectivity index (χ0) is 14.6. The maximum Gasteiger partial charge on any atom is 0.251 e. The first-order chi connectivity index (χ1) is 8.75. The van der Waals surface area contributed by atoms with Gasteiger partial charge in [0.15, 0.2) is 0 Å². The van der Waals surface area contributed by atoms with E-state index < -0.39 is 11.5 Å². The highest BCUT2D eigenvalue weighted by Crippen LogP contribution is 2.20. The summed E-state index contributed by atoms with van der Waals surface area (Å²) in [6.45, 7) is 6.09. The van der Waals surface area contributed by atoms with E-state index in [-0.39, 0.29) is 17.5 Å². The molecule has 0 fully saturated rings. The smallest absolute Gasteiger partial charge is 0.251 e. The van der Waals surface area contributed by atoms with Gasteiger partial charge in [-0.2, -0.15) is 0 Å². The van der Waals surface area contributed by atoms with E-state index in [1.54, 1.807) is 38.1 Å². The number of nitrogens with one attached hydrogen (secondary N) is 1. The van der Waals surface area contributed by atoms with Gasteiger partial charge in [-0.3, -0.25) is 14.4 Å². The topological polar surface area (TPSA) is 63.2 Å². The first kappa shape index (κ1) is 15.1. The molecular formula is C15H19NO3. The van der Waals surface area contributed by atoms with Crippen LogP contribution >= 0.6 is 0 Å². The SMILES string of the molecule is CC(=O)C(C(C)=O)C(C)(C)NC(=O)c1ccccc1. The highest BCUT2D eigenvalue weighted by molar-refractivity contribution is 6.03. The molecule has 1 amide bonds. The number of benzene rings is 1. The number of carbonyl (C=O) groups is 3. The zero-order valence-electron chi connectivity index (χ0n) is 11.7. The van der Waals surface area contributed by atoms with Gasteiger partial charge < -0.3 is 5.32 Å². The van der Waals surface area contributed by atoms with E-state index in [2.05, 4.69) is 5.32 Å². The van der Waals surface area contributed by atoms with Gasteiger partial charge >= 0.3 is 0 Å². The Morgan fingerprint density at radius 3 is 1.89 bits per heavy atom. The molecule has 102 valence electrons. The molecule has 1 aromatic rings. The van der Waals surface area contributed by atoms with Gasteiger partial charge in [0.2, 0.25) is 0 Å². The van der Waals surface area contributed by atoms with E-state index in [1.807, 2.05) is 6.07 Å². The van der Waals surface area contributed by atoms with Crippen LogP contribution in [-0.2, 0) is 9.59 Å². The largest absolute Gasteiger partial charge is 0.346 e. The summed E-state index contributed by atoms with van der Waals surface area (Å²) in [5, 5.41) is 2.75. The minimum atomic E-state index is -0.912. The summed E-state index contributed by atoms with van der Waals surface area (Å²) in [6, 6.07) is 8.70. The molecule has 0 saturated heterocycles. The summed E-state index contributed by atoms with van der Waals surface area (Å²) in [7, 11) is 0. The van der Waals surface area contributed by atoms with Crippen molar-refractivity contribution >= 4 is 17.5 Å². The fourth-order valence-corrected chi connectivity index (χ4v) is 2.33. The van der Waals surface area contributed by atoms with Crippen LogP contribution in [0.4, 0.5) is 0 Å². The molecule has 0 spiro atoms. The molecule has 0 aliphatic heterocycles. The highest BCUT2D eigenvalue weighted by atomic mass is 16.2. The molecule has 0 aromatic heterocycles. The molecule has 4 nitrogen and oxygen atoms in total. The second kappa shape index (κ2) is 5.78. The van der Waals surface area contributed by atoms with Crippen LogP contribution in [0.15, 0.2) is 30.3 Å². The van der Waals surface area contributed by atoms with E-state index >= 15 is 0 Å². The van der Waals surface area contributed by atoms with Crippen LogP contribution in [0.5, 0.6) is 0 Å². The molecule has 4 heteroatoms. The van der Waals surface area contributed by atoms with E-state index in [1.165, 1.54) is 13.8 Å². The van der Waals surface area contributed by atoms with E-state index in [4.69, 9.17) is 0 Å². The molecule has 0 unspecified atom stereocenters. The van der Waals surface area contributed by atoms with Crippen LogP contribution in [0.25, 0.3) is 0 Å². The van der Waals surface area contributed by atoms with Crippen molar-refractivity contribution in [2.24, 2.45) is 5.92 Å². The predicted molar refractivity (Wildman–Crippen MR) is 72.8 cm³/mol. The van der Waals surface area contributed by atoms with Gasteiger partial charge in [-0.25, -0.2) is 0 Å². The molecule has 0 bridgehead atoms. The van der Waals surface area contributed by atoms with Crippen LogP contribution in [-0.4, -0.2) is 23.0 Å². The van der Waals surface area contributed by atoms with Gasteiger partial charge in [-0.15, -0.1) is 0 Å². The van der Waals surface area contributed by atoms with E-state index in [9.17, 15) is 14.4 Å². The Hall–Kier alpha value is -1.97. The first-order valence-corrected chi connectivity index (χ1v) is 6.14. The van der Waals surface area contributed by atoms with Gasteiger partial charge in [-0.05, 0) is 39.8 Å². The number of hydrogen-bond acceptors (Lipinski definition) is 3. The summed E-state index contributed by atoms with van der Waals surface area (Å²) < 4.78 is 0. The molecule has 0 atom stereocenters. The maximum atomic E-state index is 12.1. The standard InChI is InChI=1S/C15H19NO3/c1-10(17)13(11(2)18)15(3,4)16-14(19)12-8-6-5-7-9-12/h5-9,13H,1-4H3,(H,16,19). The summed E-state index contributed by atoms with van der Waals surface area (Å²) in [5.74, 6) is -1.62. The number of rotatable bonds is 5. The molecule has 1 aromatic carbocycles. The third kappa shape index (κ3) is 3.74. The Morgan fingerprint density at radius 1 is 1.00 bits per heavy atom. The van der Waals surface area contributed by atoms with Gasteiger partial charge in [0, 0.05) is 5.56 Å². The average Bonchev–Trinajstić information content (AvgIpc) is 2.27. The van der Waals surface area contributed by atoms with Crippen LogP contribution in [0.3, 0.4) is 0 Å². The molecule has 0 radical (unpaired) electrons. The maximum absolute atomic E-state index is 12.1. The molecule has 1 N–H and O–H groups in total. The summed E-state index contributed by atoms with van der Waals surface area (Å²) in [6.07, 6.45) is 0. The van der Waals surface area contributed by atoms with Crippen molar-refractivity contribution in [2.75, 3.05) is 0 Å². The Kier molecular flexibility index (Phi) is 4.59. The summed E-state index contributed by atoms with van der Waals surface area (Å²) >= 11 is 0. The number of hydrogen-bond donors (Lipinski definition) is 1. The van der Waals surface area contributed by atoms with Gasteiger partial charge in [0.25, 0.3) is 5.91 Å². The number of carbonyl (C=O) groups excluding carboxylic acids is 3. The van der Waals surface area contributed by atoms with Crippen molar-refractivity contribution in [3.05, 3.63) is 35.9 Å². The van der Waals surface area contributed by atoms with Crippen molar-refractivity contribution in [1.82, 2.24) is 5.32 Å².